The Kier molecular flexibility index (Phi) is 2.26. The molecule has 0 heterocycles. The van der Waals surface area contributed by atoms with Crippen molar-refractivity contribution in [3.8, 4) is 0 Å². The van der Waals surface area contributed by atoms with Crippen LogP contribution in [0.5, 0.6) is 0 Å². The summed E-state index contributed by atoms with van der Waals surface area (Å²) in [6.07, 6.45) is 5.00. The van der Waals surface area contributed by atoms with Crippen LogP contribution < -0.4 is 0 Å². The van der Waals surface area contributed by atoms with Gasteiger partial charge in [0, 0.05) is 20.4 Å². The van der Waals surface area contributed by atoms with Crippen LogP contribution in [0.2, 0.25) is 0 Å². The van der Waals surface area contributed by atoms with E-state index in [2.05, 4.69) is 6.42 Å². The van der Waals surface area contributed by atoms with Gasteiger partial charge in [-0.05, 0) is 0 Å². The van der Waals surface area contributed by atoms with Gasteiger partial charge in [0.2, 0.25) is 0 Å². The fourth-order valence-electron chi connectivity index (χ4n) is 0. The summed E-state index contributed by atoms with van der Waals surface area (Å²) >= 11 is 0. The Balaban J connectivity index is 0.0000000900. The Hall–Kier alpha value is 0.662. The van der Waals surface area contributed by atoms with E-state index in [1.54, 1.807) is 0 Å². The second-order valence-electron chi connectivity index (χ2n) is 0.866. The zero-order valence-electron chi connectivity index (χ0n) is 2.31. The van der Waals surface area contributed by atoms with Crippen LogP contribution in [-0.4, -0.2) is 0 Å². The fraction of sp³-hybridized carbons (Fsp3) is 0.667. The zero-order chi connectivity index (χ0) is 2.12. The quantitative estimate of drug-likeness (QED) is 0.354. The maximum Gasteiger partial charge on any atom is 0 e. The van der Waals surface area contributed by atoms with E-state index in [-0.39, 0.29) is 20.4 Å². The van der Waals surface area contributed by atoms with Gasteiger partial charge in [0.05, 0.1) is 0 Å². The molecule has 0 amide bonds. The van der Waals surface area contributed by atoms with Crippen LogP contribution in [0.4, 0.5) is 0 Å². The van der Waals surface area contributed by atoms with E-state index in [1.165, 1.54) is 12.8 Å². The third-order valence-electron chi connectivity index (χ3n) is 0.289. The first-order valence-corrected chi connectivity index (χ1v) is 1.32. The average Bonchev–Trinajstić information content (AvgIpc) is 1.46. The van der Waals surface area contributed by atoms with E-state index in [1.807, 2.05) is 0 Å². The molecular weight excluding hydrogens is 142 g/mol. The predicted octanol–water partition coefficient (Wildman–Crippen LogP) is 0.982. The summed E-state index contributed by atoms with van der Waals surface area (Å²) in [5.41, 5.74) is 0. The topological polar surface area (TPSA) is 0 Å². The van der Waals surface area contributed by atoms with Crippen molar-refractivity contribution in [2.75, 3.05) is 0 Å². The van der Waals surface area contributed by atoms with Crippen molar-refractivity contribution in [1.29, 1.82) is 0 Å². The molecule has 4 heavy (non-hydrogen) atoms. The minimum absolute atomic E-state index is 0. The van der Waals surface area contributed by atoms with E-state index in [0.29, 0.717) is 0 Å². The summed E-state index contributed by atoms with van der Waals surface area (Å²) in [6, 6.07) is 0. The molecule has 0 atom stereocenters. The maximum absolute atomic E-state index is 2.25. The molecular formula is C3H5Pd-. The summed E-state index contributed by atoms with van der Waals surface area (Å²) in [5, 5.41) is 0. The van der Waals surface area contributed by atoms with E-state index in [9.17, 15) is 0 Å². The molecule has 1 rings (SSSR count). The van der Waals surface area contributed by atoms with E-state index in [0.717, 1.165) is 0 Å². The van der Waals surface area contributed by atoms with Crippen LogP contribution in [0.1, 0.15) is 12.8 Å². The van der Waals surface area contributed by atoms with Gasteiger partial charge >= 0.3 is 0 Å². The maximum atomic E-state index is 2.25. The van der Waals surface area contributed by atoms with Gasteiger partial charge in [-0.2, -0.15) is 0 Å². The molecule has 0 N–H and O–H groups in total. The summed E-state index contributed by atoms with van der Waals surface area (Å²) in [5.74, 6) is 0. The van der Waals surface area contributed by atoms with E-state index >= 15 is 0 Å². The molecule has 0 nitrogen and oxygen atoms in total. The van der Waals surface area contributed by atoms with Gasteiger partial charge in [-0.25, -0.2) is 12.8 Å². The molecule has 0 unspecified atom stereocenters. The summed E-state index contributed by atoms with van der Waals surface area (Å²) in [6.45, 7) is 0. The van der Waals surface area contributed by atoms with E-state index in [4.69, 9.17) is 0 Å². The molecule has 28 valence electrons. The first kappa shape index (κ1) is 4.66. The van der Waals surface area contributed by atoms with Crippen molar-refractivity contribution in [2.24, 2.45) is 0 Å². The first-order chi connectivity index (χ1) is 1.50. The molecule has 0 aliphatic heterocycles. The van der Waals surface area contributed by atoms with Crippen molar-refractivity contribution in [3.63, 3.8) is 0 Å². The van der Waals surface area contributed by atoms with Gasteiger partial charge in [0.1, 0.15) is 0 Å². The van der Waals surface area contributed by atoms with Gasteiger partial charge < -0.3 is 6.42 Å². The molecule has 0 aromatic carbocycles. The minimum atomic E-state index is 0. The van der Waals surface area contributed by atoms with Gasteiger partial charge in [-0.1, -0.05) is 0 Å². The second kappa shape index (κ2) is 1.94. The van der Waals surface area contributed by atoms with Crippen LogP contribution >= 0.6 is 0 Å². The smallest absolute Gasteiger partial charge is 0 e. The first-order valence-electron chi connectivity index (χ1n) is 1.32. The van der Waals surface area contributed by atoms with E-state index < -0.39 is 0 Å². The molecule has 0 radical (unpaired) electrons. The average molecular weight is 147 g/mol. The number of hydrogen-bond acceptors (Lipinski definition) is 0. The van der Waals surface area contributed by atoms with Gasteiger partial charge in [0.25, 0.3) is 0 Å². The van der Waals surface area contributed by atoms with Crippen molar-refractivity contribution >= 4 is 0 Å². The van der Waals surface area contributed by atoms with Gasteiger partial charge in [0.15, 0.2) is 0 Å². The second-order valence-corrected chi connectivity index (χ2v) is 0.866. The van der Waals surface area contributed by atoms with Crippen molar-refractivity contribution in [1.82, 2.24) is 0 Å². The normalized spacial score (nSPS) is 18.0. The Labute approximate surface area is 40.2 Å². The number of rotatable bonds is 0. The standard InChI is InChI=1S/C3H5.Pd/c1-2-3-1;/h1H,2-3H2;/q-1;. The van der Waals surface area contributed by atoms with Crippen LogP contribution in [0, 0.1) is 6.42 Å². The fourth-order valence-corrected chi connectivity index (χ4v) is 0. The Morgan fingerprint density at radius 3 is 1.50 bits per heavy atom. The SMILES string of the molecule is [CH-]1CC1.[Pd]. The molecule has 0 aromatic rings. The van der Waals surface area contributed by atoms with Crippen molar-refractivity contribution in [2.45, 2.75) is 12.8 Å². The molecule has 1 heteroatoms. The molecule has 0 aromatic heterocycles. The Bertz CT molecular complexity index is 8.00. The molecule has 0 bridgehead atoms. The molecule has 1 aliphatic rings. The monoisotopic (exact) mass is 147 g/mol. The third-order valence-corrected chi connectivity index (χ3v) is 0.289. The van der Waals surface area contributed by atoms with Gasteiger partial charge in [-0.15, -0.1) is 0 Å². The molecule has 0 saturated heterocycles. The van der Waals surface area contributed by atoms with Crippen LogP contribution in [-0.2, 0) is 20.4 Å². The van der Waals surface area contributed by atoms with Crippen molar-refractivity contribution < 1.29 is 20.4 Å². The van der Waals surface area contributed by atoms with Gasteiger partial charge in [-0.3, -0.25) is 0 Å². The summed E-state index contributed by atoms with van der Waals surface area (Å²) < 4.78 is 0. The largest absolute Gasteiger partial charge is 0.333 e. The summed E-state index contributed by atoms with van der Waals surface area (Å²) in [4.78, 5) is 0. The Morgan fingerprint density at radius 1 is 1.25 bits per heavy atom. The Morgan fingerprint density at radius 2 is 1.50 bits per heavy atom. The zero-order valence-corrected chi connectivity index (χ0v) is 3.86. The molecule has 1 saturated carbocycles. The third kappa shape index (κ3) is 2.66. The molecule has 0 spiro atoms. The molecule has 1 fully saturated rings. The summed E-state index contributed by atoms with van der Waals surface area (Å²) in [7, 11) is 0. The van der Waals surface area contributed by atoms with Crippen LogP contribution in [0.25, 0.3) is 0 Å². The van der Waals surface area contributed by atoms with Crippen molar-refractivity contribution in [3.05, 3.63) is 6.42 Å². The number of hydrogen-bond donors (Lipinski definition) is 0. The van der Waals surface area contributed by atoms with Crippen LogP contribution in [0.3, 0.4) is 0 Å². The van der Waals surface area contributed by atoms with Crippen LogP contribution in [0.15, 0.2) is 0 Å². The molecule has 1 aliphatic carbocycles. The minimum Gasteiger partial charge on any atom is -0.333 e. The predicted molar refractivity (Wildman–Crippen MR) is 13.5 cm³/mol.